The van der Waals surface area contributed by atoms with Crippen LogP contribution >= 0.6 is 0 Å². The molecular formula is C26H26BN3O5. The van der Waals surface area contributed by atoms with Crippen molar-refractivity contribution in [3.63, 3.8) is 0 Å². The molecule has 8 nitrogen and oxygen atoms in total. The molecule has 3 aromatic rings. The van der Waals surface area contributed by atoms with Gasteiger partial charge in [-0.05, 0) is 52.9 Å². The van der Waals surface area contributed by atoms with Crippen LogP contribution in [0, 0.1) is 11.3 Å². The quantitative estimate of drug-likeness (QED) is 0.264. The normalized spacial score (nSPS) is 11.9. The summed E-state index contributed by atoms with van der Waals surface area (Å²) in [6.45, 7) is -0.147. The number of rotatable bonds is 10. The molecule has 0 radical (unpaired) electrons. The van der Waals surface area contributed by atoms with E-state index in [1.807, 2.05) is 36.4 Å². The highest BCUT2D eigenvalue weighted by Crippen LogP contribution is 2.19. The second-order valence-electron chi connectivity index (χ2n) is 7.87. The van der Waals surface area contributed by atoms with Crippen LogP contribution in [0.15, 0.2) is 72.9 Å². The maximum Gasteiger partial charge on any atom is 0.475 e. The van der Waals surface area contributed by atoms with Gasteiger partial charge < -0.3 is 25.2 Å². The Labute approximate surface area is 204 Å². The van der Waals surface area contributed by atoms with Crippen LogP contribution in [0.25, 0.3) is 11.6 Å². The Morgan fingerprint density at radius 3 is 2.49 bits per heavy atom. The predicted molar refractivity (Wildman–Crippen MR) is 132 cm³/mol. The SMILES string of the molecule is N#CC(=Cc1cc(CO)cc(CCOC(=O)NC(Cc2ccccc2)B(O)O)c1)c1ccccn1. The van der Waals surface area contributed by atoms with Crippen LogP contribution in [0.3, 0.4) is 0 Å². The molecule has 1 aromatic heterocycles. The molecule has 1 amide bonds. The number of benzene rings is 2. The minimum Gasteiger partial charge on any atom is -0.449 e. The molecule has 3 rings (SSSR count). The number of aliphatic hydroxyl groups is 1. The zero-order valence-corrected chi connectivity index (χ0v) is 19.0. The van der Waals surface area contributed by atoms with E-state index >= 15 is 0 Å². The first-order chi connectivity index (χ1) is 17.0. The van der Waals surface area contributed by atoms with Crippen LogP contribution < -0.4 is 5.32 Å². The Kier molecular flexibility index (Phi) is 9.57. The number of nitrogens with one attached hydrogen (secondary N) is 1. The summed E-state index contributed by atoms with van der Waals surface area (Å²) in [5.74, 6) is -0.921. The summed E-state index contributed by atoms with van der Waals surface area (Å²) in [6, 6.07) is 22.0. The Balaban J connectivity index is 1.62. The third-order valence-electron chi connectivity index (χ3n) is 5.22. The summed E-state index contributed by atoms with van der Waals surface area (Å²) in [7, 11) is -1.74. The summed E-state index contributed by atoms with van der Waals surface area (Å²) in [5.41, 5.74) is 3.94. The first-order valence-corrected chi connectivity index (χ1v) is 11.1. The van der Waals surface area contributed by atoms with Crippen LogP contribution in [0.4, 0.5) is 4.79 Å². The number of hydrogen-bond donors (Lipinski definition) is 4. The molecule has 0 aliphatic rings. The standard InChI is InChI=1S/C26H26BN3O5/c28-17-23(24-8-4-5-10-29-24)15-21-12-20(13-22(14-21)18-31)9-11-35-26(32)30-25(27(33)34)16-19-6-2-1-3-7-19/h1-8,10,12-15,25,31,33-34H,9,11,16,18H2,(H,30,32). The molecule has 0 saturated heterocycles. The van der Waals surface area contributed by atoms with Crippen molar-refractivity contribution in [2.45, 2.75) is 25.4 Å². The lowest BCUT2D eigenvalue weighted by Gasteiger charge is -2.17. The molecule has 0 spiro atoms. The maximum absolute atomic E-state index is 12.2. The molecule has 0 aliphatic carbocycles. The summed E-state index contributed by atoms with van der Waals surface area (Å²) >= 11 is 0. The van der Waals surface area contributed by atoms with Crippen LogP contribution in [0.5, 0.6) is 0 Å². The number of aromatic nitrogens is 1. The van der Waals surface area contributed by atoms with E-state index in [-0.39, 0.29) is 19.6 Å². The number of ether oxygens (including phenoxy) is 1. The molecule has 2 aromatic carbocycles. The maximum atomic E-state index is 12.2. The molecule has 1 heterocycles. The van der Waals surface area contributed by atoms with Crippen molar-refractivity contribution < 1.29 is 24.7 Å². The minimum absolute atomic E-state index is 0.0365. The molecule has 1 unspecified atom stereocenters. The van der Waals surface area contributed by atoms with Gasteiger partial charge in [0.05, 0.1) is 30.4 Å². The lowest BCUT2D eigenvalue weighted by atomic mass is 9.76. The second-order valence-corrected chi connectivity index (χ2v) is 7.87. The lowest BCUT2D eigenvalue weighted by molar-refractivity contribution is 0.144. The molecule has 1 atom stereocenters. The average molecular weight is 471 g/mol. The third kappa shape index (κ3) is 8.08. The molecular weight excluding hydrogens is 445 g/mol. The van der Waals surface area contributed by atoms with Crippen LogP contribution in [0.1, 0.15) is 27.9 Å². The monoisotopic (exact) mass is 471 g/mol. The van der Waals surface area contributed by atoms with Crippen LogP contribution in [-0.2, 0) is 24.2 Å². The van der Waals surface area contributed by atoms with Gasteiger partial charge in [-0.25, -0.2) is 4.79 Å². The van der Waals surface area contributed by atoms with Gasteiger partial charge in [0.1, 0.15) is 6.07 Å². The van der Waals surface area contributed by atoms with Crippen molar-refractivity contribution in [3.05, 3.63) is 101 Å². The number of allylic oxidation sites excluding steroid dienone is 1. The van der Waals surface area contributed by atoms with E-state index in [0.29, 0.717) is 28.8 Å². The number of nitrogens with zero attached hydrogens (tertiary/aromatic N) is 2. The van der Waals surface area contributed by atoms with Gasteiger partial charge in [0.2, 0.25) is 0 Å². The summed E-state index contributed by atoms with van der Waals surface area (Å²) in [4.78, 5) is 16.4. The largest absolute Gasteiger partial charge is 0.475 e. The van der Waals surface area contributed by atoms with Gasteiger partial charge in [-0.15, -0.1) is 0 Å². The highest BCUT2D eigenvalue weighted by Gasteiger charge is 2.26. The van der Waals surface area contributed by atoms with Gasteiger partial charge in [-0.1, -0.05) is 48.5 Å². The number of pyridine rings is 1. The Hall–Kier alpha value is -3.97. The van der Waals surface area contributed by atoms with E-state index in [2.05, 4.69) is 16.4 Å². The van der Waals surface area contributed by atoms with Gasteiger partial charge in [0.15, 0.2) is 0 Å². The lowest BCUT2D eigenvalue weighted by Crippen LogP contribution is -2.48. The zero-order valence-electron chi connectivity index (χ0n) is 19.0. The number of nitriles is 1. The van der Waals surface area contributed by atoms with Gasteiger partial charge >= 0.3 is 13.2 Å². The molecule has 4 N–H and O–H groups in total. The van der Waals surface area contributed by atoms with E-state index in [9.17, 15) is 25.2 Å². The molecule has 178 valence electrons. The van der Waals surface area contributed by atoms with Gasteiger partial charge in [0, 0.05) is 12.6 Å². The fourth-order valence-electron chi connectivity index (χ4n) is 3.52. The Morgan fingerprint density at radius 2 is 1.83 bits per heavy atom. The van der Waals surface area contributed by atoms with E-state index < -0.39 is 19.2 Å². The fraction of sp³-hybridized carbons (Fsp3) is 0.192. The van der Waals surface area contributed by atoms with E-state index in [1.165, 1.54) is 0 Å². The third-order valence-corrected chi connectivity index (χ3v) is 5.22. The first kappa shape index (κ1) is 25.7. The molecule has 0 aliphatic heterocycles. The van der Waals surface area contributed by atoms with E-state index in [1.54, 1.807) is 42.6 Å². The highest BCUT2D eigenvalue weighted by atomic mass is 16.5. The molecule has 0 bridgehead atoms. The number of alkyl carbamates (subject to hydrolysis) is 1. The van der Waals surface area contributed by atoms with Crippen molar-refractivity contribution in [1.29, 1.82) is 5.26 Å². The number of amides is 1. The van der Waals surface area contributed by atoms with E-state index in [4.69, 9.17) is 4.74 Å². The van der Waals surface area contributed by atoms with E-state index in [0.717, 1.165) is 11.1 Å². The molecule has 0 saturated carbocycles. The van der Waals surface area contributed by atoms with Gasteiger partial charge in [-0.3, -0.25) is 4.98 Å². The molecule has 9 heteroatoms. The number of aliphatic hydroxyl groups excluding tert-OH is 1. The van der Waals surface area contributed by atoms with Gasteiger partial charge in [-0.2, -0.15) is 5.26 Å². The predicted octanol–water partition coefficient (Wildman–Crippen LogP) is 2.53. The number of carbonyl (C=O) groups is 1. The number of hydrogen-bond acceptors (Lipinski definition) is 7. The molecule has 35 heavy (non-hydrogen) atoms. The summed E-state index contributed by atoms with van der Waals surface area (Å²) in [6.07, 6.45) is 3.13. The van der Waals surface area contributed by atoms with Crippen molar-refractivity contribution in [3.8, 4) is 6.07 Å². The van der Waals surface area contributed by atoms with Crippen molar-refractivity contribution in [2.75, 3.05) is 6.61 Å². The Morgan fingerprint density at radius 1 is 1.09 bits per heavy atom. The zero-order chi connectivity index (χ0) is 25.0. The highest BCUT2D eigenvalue weighted by molar-refractivity contribution is 6.43. The fourth-order valence-corrected chi connectivity index (χ4v) is 3.52. The van der Waals surface area contributed by atoms with Crippen LogP contribution in [-0.4, -0.2) is 45.9 Å². The smallest absolute Gasteiger partial charge is 0.449 e. The first-order valence-electron chi connectivity index (χ1n) is 11.1. The number of carbonyl (C=O) groups excluding carboxylic acids is 1. The van der Waals surface area contributed by atoms with Crippen molar-refractivity contribution in [2.24, 2.45) is 0 Å². The summed E-state index contributed by atoms with van der Waals surface area (Å²) < 4.78 is 5.24. The van der Waals surface area contributed by atoms with Crippen molar-refractivity contribution in [1.82, 2.24) is 10.3 Å². The topological polar surface area (TPSA) is 136 Å². The van der Waals surface area contributed by atoms with Crippen LogP contribution in [0.2, 0.25) is 0 Å². The van der Waals surface area contributed by atoms with Crippen molar-refractivity contribution >= 4 is 24.9 Å². The Bertz CT molecular complexity index is 1180. The molecule has 0 fully saturated rings. The minimum atomic E-state index is -1.74. The summed E-state index contributed by atoms with van der Waals surface area (Å²) in [5, 5.41) is 40.9. The second kappa shape index (κ2) is 13.1. The average Bonchev–Trinajstić information content (AvgIpc) is 2.87. The van der Waals surface area contributed by atoms with Gasteiger partial charge in [0.25, 0.3) is 0 Å².